The van der Waals surface area contributed by atoms with Crippen molar-refractivity contribution >= 4 is 35.4 Å². The van der Waals surface area contributed by atoms with E-state index in [1.54, 1.807) is 17.0 Å². The molecule has 0 aromatic heterocycles. The number of nitrogens with one attached hydrogen (secondary N) is 1. The first kappa shape index (κ1) is 28.5. The fourth-order valence-corrected chi connectivity index (χ4v) is 5.23. The maximum atomic E-state index is 13.4. The third-order valence-electron chi connectivity index (χ3n) is 7.22. The Labute approximate surface area is 229 Å². The van der Waals surface area contributed by atoms with Crippen molar-refractivity contribution in [1.82, 2.24) is 20.0 Å². The summed E-state index contributed by atoms with van der Waals surface area (Å²) in [6, 6.07) is 4.20. The Morgan fingerprint density at radius 1 is 1.00 bits per heavy atom. The predicted molar refractivity (Wildman–Crippen MR) is 144 cm³/mol. The summed E-state index contributed by atoms with van der Waals surface area (Å²) in [7, 11) is 0. The lowest BCUT2D eigenvalue weighted by Gasteiger charge is -2.40. The third-order valence-corrected chi connectivity index (χ3v) is 7.22. The van der Waals surface area contributed by atoms with Crippen LogP contribution in [0.4, 0.5) is 10.5 Å². The summed E-state index contributed by atoms with van der Waals surface area (Å²) in [5, 5.41) is 2.23. The van der Waals surface area contributed by atoms with Gasteiger partial charge in [-0.2, -0.15) is 0 Å². The van der Waals surface area contributed by atoms with E-state index in [9.17, 15) is 24.0 Å². The SMILES string of the molecule is CC(C)(C)OC(=O)N(CCN1CCN(c2cccc3c2C(=O)N(C2CCC(=O)NC2=O)C3=O)CC1)C(C)(C)C. The molecule has 4 rings (SSSR count). The number of piperazine rings is 1. The number of carbonyl (C=O) groups excluding carboxylic acids is 5. The van der Waals surface area contributed by atoms with E-state index in [0.717, 1.165) is 18.0 Å². The number of anilines is 1. The van der Waals surface area contributed by atoms with E-state index >= 15 is 0 Å². The molecule has 11 heteroatoms. The Morgan fingerprint density at radius 2 is 1.67 bits per heavy atom. The van der Waals surface area contributed by atoms with Crippen LogP contribution in [0.2, 0.25) is 0 Å². The normalized spacial score (nSPS) is 20.7. The van der Waals surface area contributed by atoms with Gasteiger partial charge in [0.25, 0.3) is 11.8 Å². The lowest BCUT2D eigenvalue weighted by Crippen LogP contribution is -2.54. The van der Waals surface area contributed by atoms with Gasteiger partial charge in [-0.3, -0.25) is 34.3 Å². The molecular weight excluding hydrogens is 502 g/mol. The summed E-state index contributed by atoms with van der Waals surface area (Å²) in [6.07, 6.45) is -0.129. The molecular formula is C28H39N5O6. The minimum atomic E-state index is -0.990. The van der Waals surface area contributed by atoms with Crippen LogP contribution in [-0.2, 0) is 14.3 Å². The molecule has 0 saturated carbocycles. The third kappa shape index (κ3) is 6.08. The average Bonchev–Trinajstić information content (AvgIpc) is 3.08. The molecule has 11 nitrogen and oxygen atoms in total. The molecule has 1 atom stereocenters. The van der Waals surface area contributed by atoms with Crippen LogP contribution in [0, 0.1) is 0 Å². The maximum absolute atomic E-state index is 13.4. The smallest absolute Gasteiger partial charge is 0.410 e. The van der Waals surface area contributed by atoms with Gasteiger partial charge in [0.2, 0.25) is 11.8 Å². The molecule has 2 fully saturated rings. The molecule has 1 unspecified atom stereocenters. The summed E-state index contributed by atoms with van der Waals surface area (Å²) < 4.78 is 5.62. The Hall–Kier alpha value is -3.47. The van der Waals surface area contributed by atoms with Crippen molar-refractivity contribution in [3.8, 4) is 0 Å². The van der Waals surface area contributed by atoms with Gasteiger partial charge in [0, 0.05) is 51.2 Å². The highest BCUT2D eigenvalue weighted by Crippen LogP contribution is 2.34. The van der Waals surface area contributed by atoms with E-state index in [1.165, 1.54) is 0 Å². The first-order chi connectivity index (χ1) is 18.2. The van der Waals surface area contributed by atoms with Gasteiger partial charge in [-0.05, 0) is 60.1 Å². The summed E-state index contributed by atoms with van der Waals surface area (Å²) in [5.74, 6) is -2.02. The van der Waals surface area contributed by atoms with Crippen LogP contribution in [0.25, 0.3) is 0 Å². The molecule has 0 spiro atoms. The number of rotatable bonds is 5. The second-order valence-electron chi connectivity index (χ2n) is 12.3. The fourth-order valence-electron chi connectivity index (χ4n) is 5.23. The maximum Gasteiger partial charge on any atom is 0.410 e. The van der Waals surface area contributed by atoms with Gasteiger partial charge in [0.15, 0.2) is 0 Å². The number of piperidine rings is 1. The summed E-state index contributed by atoms with van der Waals surface area (Å²) in [5.41, 5.74) is 0.294. The first-order valence-corrected chi connectivity index (χ1v) is 13.5. The van der Waals surface area contributed by atoms with Crippen LogP contribution >= 0.6 is 0 Å². The van der Waals surface area contributed by atoms with Gasteiger partial charge < -0.3 is 14.5 Å². The van der Waals surface area contributed by atoms with Crippen molar-refractivity contribution in [2.24, 2.45) is 0 Å². The van der Waals surface area contributed by atoms with Gasteiger partial charge in [-0.15, -0.1) is 0 Å². The van der Waals surface area contributed by atoms with Crippen molar-refractivity contribution in [3.05, 3.63) is 29.3 Å². The van der Waals surface area contributed by atoms with Gasteiger partial charge in [-0.1, -0.05) is 6.07 Å². The van der Waals surface area contributed by atoms with E-state index in [0.29, 0.717) is 37.4 Å². The molecule has 0 bridgehead atoms. The molecule has 3 aliphatic heterocycles. The van der Waals surface area contributed by atoms with Crippen LogP contribution in [0.5, 0.6) is 0 Å². The number of hydrogen-bond donors (Lipinski definition) is 1. The number of imide groups is 2. The highest BCUT2D eigenvalue weighted by molar-refractivity contribution is 6.25. The monoisotopic (exact) mass is 541 g/mol. The summed E-state index contributed by atoms with van der Waals surface area (Å²) >= 11 is 0. The number of benzene rings is 1. The molecule has 3 aliphatic rings. The minimum Gasteiger partial charge on any atom is -0.444 e. The quantitative estimate of drug-likeness (QED) is 0.564. The van der Waals surface area contributed by atoms with Gasteiger partial charge in [0.05, 0.1) is 16.8 Å². The van der Waals surface area contributed by atoms with Crippen molar-refractivity contribution in [2.45, 2.75) is 71.6 Å². The van der Waals surface area contributed by atoms with Crippen LogP contribution in [0.1, 0.15) is 75.1 Å². The van der Waals surface area contributed by atoms with E-state index in [4.69, 9.17) is 4.74 Å². The van der Waals surface area contributed by atoms with Gasteiger partial charge in [-0.25, -0.2) is 4.79 Å². The molecule has 39 heavy (non-hydrogen) atoms. The number of nitrogens with zero attached hydrogens (tertiary/aromatic N) is 4. The van der Waals surface area contributed by atoms with Crippen LogP contribution in [0.3, 0.4) is 0 Å². The van der Waals surface area contributed by atoms with Crippen molar-refractivity contribution in [3.63, 3.8) is 0 Å². The number of ether oxygens (including phenoxy) is 1. The Morgan fingerprint density at radius 3 is 2.26 bits per heavy atom. The number of amides is 5. The largest absolute Gasteiger partial charge is 0.444 e. The zero-order valence-corrected chi connectivity index (χ0v) is 23.7. The number of hydrogen-bond acceptors (Lipinski definition) is 8. The lowest BCUT2D eigenvalue weighted by molar-refractivity contribution is -0.136. The molecule has 1 N–H and O–H groups in total. The van der Waals surface area contributed by atoms with Gasteiger partial charge >= 0.3 is 6.09 Å². The van der Waals surface area contributed by atoms with E-state index in [2.05, 4.69) is 15.1 Å². The average molecular weight is 542 g/mol. The molecule has 0 aliphatic carbocycles. The van der Waals surface area contributed by atoms with Crippen LogP contribution < -0.4 is 10.2 Å². The van der Waals surface area contributed by atoms with Crippen molar-refractivity contribution in [1.29, 1.82) is 0 Å². The molecule has 1 aromatic rings. The molecule has 3 heterocycles. The van der Waals surface area contributed by atoms with E-state index in [-0.39, 0.29) is 24.5 Å². The lowest BCUT2D eigenvalue weighted by atomic mass is 10.0. The highest BCUT2D eigenvalue weighted by atomic mass is 16.6. The topological polar surface area (TPSA) is 120 Å². The Balaban J connectivity index is 1.41. The molecule has 212 valence electrons. The fraction of sp³-hybridized carbons (Fsp3) is 0.607. The molecule has 0 radical (unpaired) electrons. The zero-order valence-electron chi connectivity index (χ0n) is 23.7. The molecule has 1 aromatic carbocycles. The van der Waals surface area contributed by atoms with Crippen LogP contribution in [0.15, 0.2) is 18.2 Å². The first-order valence-electron chi connectivity index (χ1n) is 13.5. The van der Waals surface area contributed by atoms with E-state index in [1.807, 2.05) is 47.6 Å². The predicted octanol–water partition coefficient (Wildman–Crippen LogP) is 2.25. The Bertz CT molecular complexity index is 1180. The summed E-state index contributed by atoms with van der Waals surface area (Å²) in [6.45, 7) is 15.4. The number of carbonyl (C=O) groups is 5. The Kier molecular flexibility index (Phi) is 7.75. The van der Waals surface area contributed by atoms with Crippen molar-refractivity contribution in [2.75, 3.05) is 44.2 Å². The van der Waals surface area contributed by atoms with Crippen LogP contribution in [-0.4, -0.2) is 101 Å². The molecule has 2 saturated heterocycles. The standard InChI is InChI=1S/C28H39N5O6/c1-27(2,3)32(26(38)39-28(4,5)6)17-14-30-12-15-31(16-13-30)19-9-7-8-18-22(19)25(37)33(24(18)36)20-10-11-21(34)29-23(20)35/h7-9,20H,10-17H2,1-6H3,(H,29,34,35). The van der Waals surface area contributed by atoms with Gasteiger partial charge in [0.1, 0.15) is 11.6 Å². The minimum absolute atomic E-state index is 0.0825. The van der Waals surface area contributed by atoms with E-state index < -0.39 is 40.8 Å². The number of fused-ring (bicyclic) bond motifs is 1. The van der Waals surface area contributed by atoms with Crippen molar-refractivity contribution < 1.29 is 28.7 Å². The molecule has 5 amide bonds. The summed E-state index contributed by atoms with van der Waals surface area (Å²) in [4.78, 5) is 70.5. The second-order valence-corrected chi connectivity index (χ2v) is 12.3. The second kappa shape index (κ2) is 10.6. The highest BCUT2D eigenvalue weighted by Gasteiger charge is 2.46. The zero-order chi connectivity index (χ0) is 28.7.